The fourth-order valence-electron chi connectivity index (χ4n) is 3.95. The van der Waals surface area contributed by atoms with Gasteiger partial charge in [-0.1, -0.05) is 34.7 Å². The Labute approximate surface area is 198 Å². The van der Waals surface area contributed by atoms with Crippen LogP contribution in [0.3, 0.4) is 0 Å². The van der Waals surface area contributed by atoms with E-state index in [9.17, 15) is 18.7 Å². The average Bonchev–Trinajstić information content (AvgIpc) is 3.46. The Kier molecular flexibility index (Phi) is 7.10. The summed E-state index contributed by atoms with van der Waals surface area (Å²) in [5.74, 6) is 0.806. The van der Waals surface area contributed by atoms with E-state index in [0.717, 1.165) is 10.6 Å². The van der Waals surface area contributed by atoms with Crippen molar-refractivity contribution >= 4 is 28.3 Å². The third-order valence-corrected chi connectivity index (χ3v) is 6.80. The molecule has 0 radical (unpaired) electrons. The number of rotatable bonds is 7. The molecule has 0 bridgehead atoms. The molecule has 12 heteroatoms. The Hall–Kier alpha value is -3.09. The number of urea groups is 1. The van der Waals surface area contributed by atoms with Crippen LogP contribution in [-0.2, 0) is 6.42 Å². The zero-order valence-corrected chi connectivity index (χ0v) is 19.4. The van der Waals surface area contributed by atoms with Gasteiger partial charge in [0.25, 0.3) is 6.43 Å². The Morgan fingerprint density at radius 3 is 2.85 bits per heavy atom. The zero-order valence-electron chi connectivity index (χ0n) is 18.5. The number of anilines is 2. The summed E-state index contributed by atoms with van der Waals surface area (Å²) in [6, 6.07) is 6.13. The number of halogens is 2. The second-order valence-electron chi connectivity index (χ2n) is 8.11. The number of nitrogens with one attached hydrogen (secondary N) is 2. The number of aliphatic hydroxyl groups excluding tert-OH is 2. The highest BCUT2D eigenvalue weighted by molar-refractivity contribution is 7.16. The van der Waals surface area contributed by atoms with Crippen molar-refractivity contribution in [3.8, 4) is 11.3 Å². The van der Waals surface area contributed by atoms with Crippen LogP contribution in [0.1, 0.15) is 42.4 Å². The van der Waals surface area contributed by atoms with Gasteiger partial charge in [-0.2, -0.15) is 0 Å². The number of aromatic nitrogens is 2. The van der Waals surface area contributed by atoms with Crippen molar-refractivity contribution in [1.29, 1.82) is 0 Å². The van der Waals surface area contributed by atoms with Gasteiger partial charge in [0.2, 0.25) is 0 Å². The number of aliphatic hydroxyl groups is 2. The SMILES string of the molecule is C[C@H](CO)NC(=O)Nc1nc2c(s1)[C@H](C)N(c1cc(-c3cccc(C(F)F)c3)on1)[C@H](CO)C2. The second-order valence-corrected chi connectivity index (χ2v) is 9.14. The van der Waals surface area contributed by atoms with Crippen molar-refractivity contribution in [1.82, 2.24) is 15.5 Å². The summed E-state index contributed by atoms with van der Waals surface area (Å²) in [5, 5.41) is 29.0. The van der Waals surface area contributed by atoms with Gasteiger partial charge in [-0.25, -0.2) is 18.6 Å². The predicted octanol–water partition coefficient (Wildman–Crippen LogP) is 3.72. The van der Waals surface area contributed by atoms with Crippen LogP contribution in [0, 0.1) is 0 Å². The normalized spacial score (nSPS) is 18.6. The number of fused-ring (bicyclic) bond motifs is 1. The Morgan fingerprint density at radius 2 is 2.15 bits per heavy atom. The molecule has 3 heterocycles. The van der Waals surface area contributed by atoms with E-state index in [4.69, 9.17) is 9.63 Å². The Morgan fingerprint density at radius 1 is 1.35 bits per heavy atom. The van der Waals surface area contributed by atoms with E-state index in [1.54, 1.807) is 19.1 Å². The smallest absolute Gasteiger partial charge is 0.321 e. The van der Waals surface area contributed by atoms with Gasteiger partial charge in [0.05, 0.1) is 41.9 Å². The Bertz CT molecular complexity index is 1150. The van der Waals surface area contributed by atoms with Crippen LogP contribution in [-0.4, -0.2) is 51.7 Å². The molecule has 1 aliphatic heterocycles. The van der Waals surface area contributed by atoms with Crippen LogP contribution in [0.25, 0.3) is 11.3 Å². The van der Waals surface area contributed by atoms with Crippen molar-refractivity contribution in [2.75, 3.05) is 23.4 Å². The Balaban J connectivity index is 1.57. The van der Waals surface area contributed by atoms with Gasteiger partial charge in [-0.15, -0.1) is 0 Å². The number of carbonyl (C=O) groups is 1. The van der Waals surface area contributed by atoms with Gasteiger partial charge in [-0.3, -0.25) is 5.32 Å². The summed E-state index contributed by atoms with van der Waals surface area (Å²) in [6.45, 7) is 3.26. The van der Waals surface area contributed by atoms with E-state index in [2.05, 4.69) is 20.8 Å². The molecule has 0 fully saturated rings. The lowest BCUT2D eigenvalue weighted by molar-refractivity contribution is 0.151. The van der Waals surface area contributed by atoms with E-state index in [0.29, 0.717) is 28.7 Å². The first-order chi connectivity index (χ1) is 16.3. The van der Waals surface area contributed by atoms with Gasteiger partial charge in [0.1, 0.15) is 0 Å². The fraction of sp³-hybridized carbons (Fsp3) is 0.409. The molecule has 9 nitrogen and oxygen atoms in total. The number of thiazole rings is 1. The molecule has 182 valence electrons. The number of nitrogens with zero attached hydrogens (tertiary/aromatic N) is 3. The minimum absolute atomic E-state index is 0.109. The molecule has 0 saturated heterocycles. The van der Waals surface area contributed by atoms with E-state index in [-0.39, 0.29) is 30.9 Å². The van der Waals surface area contributed by atoms with Crippen molar-refractivity contribution in [3.05, 3.63) is 46.5 Å². The molecule has 1 aliphatic rings. The zero-order chi connectivity index (χ0) is 24.4. The molecule has 4 rings (SSSR count). The van der Waals surface area contributed by atoms with E-state index >= 15 is 0 Å². The first kappa shape index (κ1) is 24.0. The molecule has 3 aromatic rings. The van der Waals surface area contributed by atoms with Crippen molar-refractivity contribution in [3.63, 3.8) is 0 Å². The summed E-state index contributed by atoms with van der Waals surface area (Å²) in [6.07, 6.45) is -2.17. The third-order valence-electron chi connectivity index (χ3n) is 5.61. The van der Waals surface area contributed by atoms with Crippen molar-refractivity contribution in [2.45, 2.75) is 44.8 Å². The number of amides is 2. The molecule has 2 aromatic heterocycles. The van der Waals surface area contributed by atoms with E-state index in [1.807, 2.05) is 11.8 Å². The van der Waals surface area contributed by atoms with Crippen LogP contribution < -0.4 is 15.5 Å². The number of hydrogen-bond donors (Lipinski definition) is 4. The van der Waals surface area contributed by atoms with Gasteiger partial charge < -0.3 is 25.0 Å². The molecule has 1 aromatic carbocycles. The highest BCUT2D eigenvalue weighted by atomic mass is 32.1. The first-order valence-corrected chi connectivity index (χ1v) is 11.5. The molecule has 0 spiro atoms. The molecule has 34 heavy (non-hydrogen) atoms. The summed E-state index contributed by atoms with van der Waals surface area (Å²) < 4.78 is 31.6. The summed E-state index contributed by atoms with van der Waals surface area (Å²) in [5.41, 5.74) is 1.14. The van der Waals surface area contributed by atoms with Gasteiger partial charge >= 0.3 is 6.03 Å². The quantitative estimate of drug-likeness (QED) is 0.395. The van der Waals surface area contributed by atoms with Crippen molar-refractivity contribution in [2.24, 2.45) is 0 Å². The average molecular weight is 494 g/mol. The minimum atomic E-state index is -2.59. The van der Waals surface area contributed by atoms with Crippen LogP contribution in [0.4, 0.5) is 24.5 Å². The second kappa shape index (κ2) is 10.0. The minimum Gasteiger partial charge on any atom is -0.394 e. The summed E-state index contributed by atoms with van der Waals surface area (Å²) >= 11 is 1.32. The molecule has 2 amide bonds. The van der Waals surface area contributed by atoms with E-state index in [1.165, 1.54) is 29.5 Å². The van der Waals surface area contributed by atoms with Gasteiger partial charge in [-0.05, 0) is 19.9 Å². The molecule has 0 saturated carbocycles. The lowest BCUT2D eigenvalue weighted by Gasteiger charge is -2.38. The third kappa shape index (κ3) is 4.88. The summed E-state index contributed by atoms with van der Waals surface area (Å²) in [4.78, 5) is 19.4. The van der Waals surface area contributed by atoms with Crippen molar-refractivity contribution < 1.29 is 28.3 Å². The molecular formula is C22H25F2N5O4S. The van der Waals surface area contributed by atoms with Crippen LogP contribution in [0.5, 0.6) is 0 Å². The molecule has 4 N–H and O–H groups in total. The number of alkyl halides is 2. The number of carbonyl (C=O) groups excluding carboxylic acids is 1. The maximum Gasteiger partial charge on any atom is 0.321 e. The van der Waals surface area contributed by atoms with Crippen LogP contribution in [0.2, 0.25) is 0 Å². The molecular weight excluding hydrogens is 468 g/mol. The molecule has 0 unspecified atom stereocenters. The monoisotopic (exact) mass is 493 g/mol. The predicted molar refractivity (Wildman–Crippen MR) is 123 cm³/mol. The lowest BCUT2D eigenvalue weighted by Crippen LogP contribution is -2.45. The topological polar surface area (TPSA) is 124 Å². The van der Waals surface area contributed by atoms with E-state index < -0.39 is 18.5 Å². The highest BCUT2D eigenvalue weighted by Crippen LogP contribution is 2.41. The maximum absolute atomic E-state index is 13.1. The van der Waals surface area contributed by atoms with Gasteiger partial charge in [0.15, 0.2) is 16.7 Å². The lowest BCUT2D eigenvalue weighted by atomic mass is 9.99. The summed E-state index contributed by atoms with van der Waals surface area (Å²) in [7, 11) is 0. The molecule has 3 atom stereocenters. The highest BCUT2D eigenvalue weighted by Gasteiger charge is 2.36. The van der Waals surface area contributed by atoms with Crippen LogP contribution >= 0.6 is 11.3 Å². The molecule has 0 aliphatic carbocycles. The van der Waals surface area contributed by atoms with Crippen LogP contribution in [0.15, 0.2) is 34.9 Å². The number of hydrogen-bond acceptors (Lipinski definition) is 8. The standard InChI is InChI=1S/C22H25F2N5O4S/c1-11(9-30)25-21(32)27-22-26-16-7-15(10-31)29(12(2)19(16)34-22)18-8-17(33-28-18)13-4-3-5-14(6-13)20(23)24/h3-6,8,11-12,15,20,30-31H,7,9-10H2,1-2H3,(H2,25,26,27,32)/t11-,12+,15+/m1/s1. The van der Waals surface area contributed by atoms with Gasteiger partial charge in [0, 0.05) is 23.6 Å². The maximum atomic E-state index is 13.1. The number of benzene rings is 1. The first-order valence-electron chi connectivity index (χ1n) is 10.7. The fourth-order valence-corrected chi connectivity index (χ4v) is 4.98. The largest absolute Gasteiger partial charge is 0.394 e.